The Hall–Kier alpha value is -1.35. The summed E-state index contributed by atoms with van der Waals surface area (Å²) in [6.45, 7) is 3.55. The smallest absolute Gasteiger partial charge is 0.0885 e. The highest BCUT2D eigenvalue weighted by atomic mass is 32.2. The lowest BCUT2D eigenvalue weighted by Gasteiger charge is -1.99. The van der Waals surface area contributed by atoms with Gasteiger partial charge in [0.1, 0.15) is 0 Å². The first-order valence-electron chi connectivity index (χ1n) is 3.89. The fraction of sp³-hybridized carbons (Fsp3) is 0. The first-order chi connectivity index (χ1) is 6.26. The Morgan fingerprint density at radius 2 is 2.15 bits per heavy atom. The second-order valence-corrected chi connectivity index (χ2v) is 4.94. The molecular formula is C10H9NOS. The molecule has 0 bridgehead atoms. The van der Waals surface area contributed by atoms with E-state index in [1.54, 1.807) is 11.4 Å². The number of para-hydroxylation sites is 1. The van der Waals surface area contributed by atoms with Crippen LogP contribution in [0.25, 0.3) is 0 Å². The highest BCUT2D eigenvalue weighted by Crippen LogP contribution is 2.29. The van der Waals surface area contributed by atoms with Crippen molar-refractivity contribution in [1.82, 2.24) is 0 Å². The van der Waals surface area contributed by atoms with Crippen molar-refractivity contribution in [3.8, 4) is 0 Å². The molecule has 0 aliphatic carbocycles. The van der Waals surface area contributed by atoms with Crippen LogP contribution in [-0.4, -0.2) is 15.1 Å². The SMILES string of the molecule is C=CC=S1(=O)C=Nc2ccccc21. The standard InChI is InChI=1S/C10H9NOS/c1-2-7-13(12)8-11-9-5-3-4-6-10(9)13/h2-8H,1H2. The number of nitrogens with zero attached hydrogens (tertiary/aromatic N) is 1. The highest BCUT2D eigenvalue weighted by Gasteiger charge is 2.16. The van der Waals surface area contributed by atoms with E-state index in [-0.39, 0.29) is 0 Å². The monoisotopic (exact) mass is 191 g/mol. The van der Waals surface area contributed by atoms with Crippen LogP contribution in [0.2, 0.25) is 0 Å². The molecule has 1 aromatic carbocycles. The average molecular weight is 191 g/mol. The predicted molar refractivity (Wildman–Crippen MR) is 57.3 cm³/mol. The molecule has 1 atom stereocenters. The summed E-state index contributed by atoms with van der Waals surface area (Å²) in [5.41, 5.74) is 2.30. The number of fused-ring (bicyclic) bond motifs is 1. The minimum absolute atomic E-state index is 0.787. The third kappa shape index (κ3) is 1.21. The van der Waals surface area contributed by atoms with Gasteiger partial charge in [-0.1, -0.05) is 24.8 Å². The zero-order chi connectivity index (χ0) is 9.31. The van der Waals surface area contributed by atoms with Crippen LogP contribution >= 0.6 is 0 Å². The molecule has 3 heteroatoms. The van der Waals surface area contributed by atoms with E-state index in [1.807, 2.05) is 24.3 Å². The third-order valence-corrected chi connectivity index (χ3v) is 3.90. The van der Waals surface area contributed by atoms with Crippen LogP contribution in [0.5, 0.6) is 0 Å². The van der Waals surface area contributed by atoms with Gasteiger partial charge in [-0.3, -0.25) is 4.21 Å². The van der Waals surface area contributed by atoms with Gasteiger partial charge in [0, 0.05) is 14.9 Å². The normalized spacial score (nSPS) is 24.0. The second kappa shape index (κ2) is 2.85. The largest absolute Gasteiger partial charge is 0.257 e. The summed E-state index contributed by atoms with van der Waals surface area (Å²) < 4.78 is 12.1. The summed E-state index contributed by atoms with van der Waals surface area (Å²) in [6.07, 6.45) is 1.55. The van der Waals surface area contributed by atoms with Crippen molar-refractivity contribution in [1.29, 1.82) is 0 Å². The summed E-state index contributed by atoms with van der Waals surface area (Å²) in [4.78, 5) is 4.88. The van der Waals surface area contributed by atoms with Crippen LogP contribution in [0.4, 0.5) is 5.69 Å². The molecular weight excluding hydrogens is 182 g/mol. The van der Waals surface area contributed by atoms with E-state index in [0.717, 1.165) is 10.6 Å². The van der Waals surface area contributed by atoms with Gasteiger partial charge in [-0.25, -0.2) is 4.99 Å². The van der Waals surface area contributed by atoms with Crippen LogP contribution in [0.15, 0.2) is 46.8 Å². The van der Waals surface area contributed by atoms with E-state index >= 15 is 0 Å². The van der Waals surface area contributed by atoms with Gasteiger partial charge in [-0.2, -0.15) is 0 Å². The van der Waals surface area contributed by atoms with Gasteiger partial charge < -0.3 is 0 Å². The summed E-state index contributed by atoms with van der Waals surface area (Å²) in [6, 6.07) is 7.44. The van der Waals surface area contributed by atoms with E-state index < -0.39 is 9.52 Å². The number of hydrogen-bond donors (Lipinski definition) is 0. The van der Waals surface area contributed by atoms with Crippen molar-refractivity contribution >= 4 is 26.1 Å². The lowest BCUT2D eigenvalue weighted by Crippen LogP contribution is -2.00. The minimum atomic E-state index is -2.20. The molecule has 1 heterocycles. The Kier molecular flexibility index (Phi) is 1.81. The first-order valence-corrected chi connectivity index (χ1v) is 5.58. The van der Waals surface area contributed by atoms with Crippen molar-refractivity contribution in [3.63, 3.8) is 0 Å². The zero-order valence-corrected chi connectivity index (χ0v) is 7.83. The molecule has 0 saturated heterocycles. The molecule has 1 aromatic rings. The molecule has 0 amide bonds. The van der Waals surface area contributed by atoms with E-state index in [1.165, 1.54) is 5.55 Å². The number of allylic oxidation sites excluding steroid dienone is 1. The molecule has 0 N–H and O–H groups in total. The molecule has 0 saturated carbocycles. The number of rotatable bonds is 1. The first kappa shape index (κ1) is 8.26. The summed E-state index contributed by atoms with van der Waals surface area (Å²) in [5.74, 6) is 0. The maximum Gasteiger partial charge on any atom is 0.0885 e. The summed E-state index contributed by atoms with van der Waals surface area (Å²) in [7, 11) is -2.20. The third-order valence-electron chi connectivity index (χ3n) is 1.86. The quantitative estimate of drug-likeness (QED) is 0.493. The molecule has 2 nitrogen and oxygen atoms in total. The van der Waals surface area contributed by atoms with E-state index in [9.17, 15) is 4.21 Å². The Morgan fingerprint density at radius 3 is 2.92 bits per heavy atom. The van der Waals surface area contributed by atoms with Crippen molar-refractivity contribution < 1.29 is 4.21 Å². The molecule has 1 aliphatic rings. The van der Waals surface area contributed by atoms with E-state index in [2.05, 4.69) is 11.6 Å². The van der Waals surface area contributed by atoms with Gasteiger partial charge in [-0.05, 0) is 12.1 Å². The topological polar surface area (TPSA) is 29.4 Å². The van der Waals surface area contributed by atoms with Gasteiger partial charge in [0.15, 0.2) is 0 Å². The van der Waals surface area contributed by atoms with Gasteiger partial charge in [0.2, 0.25) is 0 Å². The van der Waals surface area contributed by atoms with Crippen molar-refractivity contribution in [2.45, 2.75) is 4.90 Å². The van der Waals surface area contributed by atoms with Gasteiger partial charge >= 0.3 is 0 Å². The maximum absolute atomic E-state index is 12.1. The van der Waals surface area contributed by atoms with Gasteiger partial charge in [-0.15, -0.1) is 0 Å². The van der Waals surface area contributed by atoms with Crippen LogP contribution < -0.4 is 0 Å². The Balaban J connectivity index is 2.76. The predicted octanol–water partition coefficient (Wildman–Crippen LogP) is 1.99. The number of aliphatic imine (C=N–C) groups is 1. The van der Waals surface area contributed by atoms with Crippen molar-refractivity contribution in [2.75, 3.05) is 0 Å². The van der Waals surface area contributed by atoms with Crippen molar-refractivity contribution in [3.05, 3.63) is 36.9 Å². The molecule has 0 fully saturated rings. The number of benzene rings is 1. The van der Waals surface area contributed by atoms with Crippen LogP contribution in [0.1, 0.15) is 0 Å². The molecule has 66 valence electrons. The van der Waals surface area contributed by atoms with Crippen LogP contribution in [-0.2, 0) is 9.52 Å². The molecule has 1 aliphatic heterocycles. The van der Waals surface area contributed by atoms with Crippen LogP contribution in [0.3, 0.4) is 0 Å². The average Bonchev–Trinajstić information content (AvgIpc) is 2.46. The lowest BCUT2D eigenvalue weighted by atomic mass is 10.3. The number of hydrogen-bond acceptors (Lipinski definition) is 2. The van der Waals surface area contributed by atoms with Gasteiger partial charge in [0.25, 0.3) is 0 Å². The van der Waals surface area contributed by atoms with Gasteiger partial charge in [0.05, 0.1) is 16.1 Å². The Morgan fingerprint density at radius 1 is 1.38 bits per heavy atom. The zero-order valence-electron chi connectivity index (χ0n) is 7.01. The maximum atomic E-state index is 12.1. The second-order valence-electron chi connectivity index (χ2n) is 2.72. The van der Waals surface area contributed by atoms with E-state index in [0.29, 0.717) is 0 Å². The van der Waals surface area contributed by atoms with Crippen LogP contribution in [0, 0.1) is 0 Å². The summed E-state index contributed by atoms with van der Waals surface area (Å²) >= 11 is 0. The molecule has 1 unspecified atom stereocenters. The fourth-order valence-corrected chi connectivity index (χ4v) is 2.90. The fourth-order valence-electron chi connectivity index (χ4n) is 1.28. The highest BCUT2D eigenvalue weighted by molar-refractivity contribution is 8.13. The molecule has 0 radical (unpaired) electrons. The van der Waals surface area contributed by atoms with E-state index in [4.69, 9.17) is 0 Å². The lowest BCUT2D eigenvalue weighted by molar-refractivity contribution is 0.689. The molecule has 13 heavy (non-hydrogen) atoms. The van der Waals surface area contributed by atoms with Crippen molar-refractivity contribution in [2.24, 2.45) is 4.99 Å². The molecule has 0 spiro atoms. The molecule has 0 aromatic heterocycles. The summed E-state index contributed by atoms with van der Waals surface area (Å²) in [5, 5.41) is 1.60. The Bertz CT molecular complexity index is 493. The minimum Gasteiger partial charge on any atom is -0.257 e. The Labute approximate surface area is 77.6 Å². The molecule has 2 rings (SSSR count).